The number of ether oxygens (including phenoxy) is 1. The van der Waals surface area contributed by atoms with Crippen molar-refractivity contribution in [2.24, 2.45) is 0 Å². The lowest BCUT2D eigenvalue weighted by Gasteiger charge is -2.32. The van der Waals surface area contributed by atoms with Gasteiger partial charge >= 0.3 is 12.2 Å². The Hall–Kier alpha value is -1.91. The van der Waals surface area contributed by atoms with Gasteiger partial charge in [-0.05, 0) is 53.6 Å². The van der Waals surface area contributed by atoms with Crippen LogP contribution in [0.5, 0.6) is 6.01 Å². The maximum atomic E-state index is 12.7. The van der Waals surface area contributed by atoms with Crippen molar-refractivity contribution in [1.82, 2.24) is 14.9 Å². The molecule has 1 amide bonds. The summed E-state index contributed by atoms with van der Waals surface area (Å²) in [7, 11) is 0. The fraction of sp³-hybridized carbons (Fsp3) is 0.353. The smallest absolute Gasteiger partial charge is 0.433 e. The summed E-state index contributed by atoms with van der Waals surface area (Å²) in [5.74, 6) is -0.117. The highest BCUT2D eigenvalue weighted by Crippen LogP contribution is 2.28. The molecule has 9 heteroatoms. The molecule has 0 saturated carbocycles. The van der Waals surface area contributed by atoms with Gasteiger partial charge in [-0.25, -0.2) is 4.98 Å². The maximum absolute atomic E-state index is 12.7. The van der Waals surface area contributed by atoms with Gasteiger partial charge in [0, 0.05) is 16.3 Å². The molecule has 2 heterocycles. The van der Waals surface area contributed by atoms with Crippen LogP contribution in [0.4, 0.5) is 13.2 Å². The van der Waals surface area contributed by atoms with Gasteiger partial charge in [0.25, 0.3) is 5.91 Å². The number of piperidine rings is 1. The summed E-state index contributed by atoms with van der Waals surface area (Å²) in [5, 5.41) is 0. The zero-order chi connectivity index (χ0) is 18.7. The Labute approximate surface area is 161 Å². The summed E-state index contributed by atoms with van der Waals surface area (Å²) in [6.45, 7) is 0.858. The van der Waals surface area contributed by atoms with Crippen LogP contribution < -0.4 is 4.74 Å². The van der Waals surface area contributed by atoms with E-state index in [-0.39, 0.29) is 18.5 Å². The first-order chi connectivity index (χ1) is 12.3. The number of hydrogen-bond acceptors (Lipinski definition) is 4. The summed E-state index contributed by atoms with van der Waals surface area (Å²) < 4.78 is 44.6. The van der Waals surface area contributed by atoms with Crippen molar-refractivity contribution >= 4 is 28.5 Å². The molecule has 0 bridgehead atoms. The Morgan fingerprint density at radius 3 is 2.77 bits per heavy atom. The molecule has 3 rings (SSSR count). The van der Waals surface area contributed by atoms with E-state index in [1.807, 2.05) is 12.1 Å². The molecule has 0 aliphatic carbocycles. The molecule has 0 spiro atoms. The fourth-order valence-electron chi connectivity index (χ4n) is 2.73. The lowest BCUT2D eigenvalue weighted by atomic mass is 10.1. The van der Waals surface area contributed by atoms with E-state index in [1.54, 1.807) is 17.0 Å². The van der Waals surface area contributed by atoms with Crippen LogP contribution in [0.1, 0.15) is 28.9 Å². The average molecular weight is 477 g/mol. The second kappa shape index (κ2) is 7.77. The molecule has 1 aromatic heterocycles. The topological polar surface area (TPSA) is 55.3 Å². The molecule has 2 aromatic rings. The molecule has 26 heavy (non-hydrogen) atoms. The van der Waals surface area contributed by atoms with Crippen LogP contribution >= 0.6 is 22.6 Å². The van der Waals surface area contributed by atoms with Gasteiger partial charge in [0.15, 0.2) is 5.69 Å². The van der Waals surface area contributed by atoms with Gasteiger partial charge in [0.1, 0.15) is 6.10 Å². The Bertz CT molecular complexity index is 801. The lowest BCUT2D eigenvalue weighted by Crippen LogP contribution is -2.44. The molecule has 1 unspecified atom stereocenters. The second-order valence-electron chi connectivity index (χ2n) is 5.84. The fourth-order valence-corrected chi connectivity index (χ4v) is 3.35. The van der Waals surface area contributed by atoms with E-state index in [0.717, 1.165) is 15.8 Å². The van der Waals surface area contributed by atoms with Crippen LogP contribution in [0.15, 0.2) is 36.5 Å². The zero-order valence-electron chi connectivity index (χ0n) is 13.5. The van der Waals surface area contributed by atoms with Crippen LogP contribution in [-0.4, -0.2) is 40.0 Å². The first kappa shape index (κ1) is 18.9. The van der Waals surface area contributed by atoms with Gasteiger partial charge in [0.05, 0.1) is 12.1 Å². The highest BCUT2D eigenvalue weighted by molar-refractivity contribution is 14.1. The number of aromatic nitrogens is 2. The molecule has 1 aliphatic rings. The number of amides is 1. The zero-order valence-corrected chi connectivity index (χ0v) is 15.7. The third-order valence-electron chi connectivity index (χ3n) is 3.97. The second-order valence-corrected chi connectivity index (χ2v) is 7.00. The molecule has 1 saturated heterocycles. The Morgan fingerprint density at radius 2 is 2.04 bits per heavy atom. The van der Waals surface area contributed by atoms with E-state index in [9.17, 15) is 18.0 Å². The van der Waals surface area contributed by atoms with E-state index >= 15 is 0 Å². The molecular weight excluding hydrogens is 462 g/mol. The molecule has 1 aromatic carbocycles. The van der Waals surface area contributed by atoms with Crippen LogP contribution in [0.2, 0.25) is 0 Å². The van der Waals surface area contributed by atoms with Gasteiger partial charge in [-0.2, -0.15) is 18.2 Å². The summed E-state index contributed by atoms with van der Waals surface area (Å²) in [6, 6.07) is 7.72. The first-order valence-corrected chi connectivity index (χ1v) is 9.03. The third kappa shape index (κ3) is 4.43. The Kier molecular flexibility index (Phi) is 5.64. The SMILES string of the molecule is O=C(c1ccccc1I)N1CCCC(Oc2nccc(C(F)(F)F)n2)C1. The van der Waals surface area contributed by atoms with Crippen molar-refractivity contribution < 1.29 is 22.7 Å². The molecule has 0 radical (unpaired) electrons. The number of carbonyl (C=O) groups is 1. The van der Waals surface area contributed by atoms with Crippen molar-refractivity contribution in [2.75, 3.05) is 13.1 Å². The highest BCUT2D eigenvalue weighted by atomic mass is 127. The minimum atomic E-state index is -4.56. The van der Waals surface area contributed by atoms with Crippen LogP contribution in [-0.2, 0) is 6.18 Å². The Balaban J connectivity index is 1.69. The number of hydrogen-bond donors (Lipinski definition) is 0. The summed E-state index contributed by atoms with van der Waals surface area (Å²) in [6.07, 6.45) is -2.67. The predicted molar refractivity (Wildman–Crippen MR) is 95.7 cm³/mol. The number of nitrogens with zero attached hydrogens (tertiary/aromatic N) is 3. The summed E-state index contributed by atoms with van der Waals surface area (Å²) in [4.78, 5) is 21.5. The van der Waals surface area contributed by atoms with Crippen molar-refractivity contribution in [3.63, 3.8) is 0 Å². The first-order valence-electron chi connectivity index (χ1n) is 7.95. The molecule has 0 N–H and O–H groups in total. The number of halogens is 4. The quantitative estimate of drug-likeness (QED) is 0.632. The van der Waals surface area contributed by atoms with Gasteiger partial charge in [0.2, 0.25) is 0 Å². The van der Waals surface area contributed by atoms with Gasteiger partial charge < -0.3 is 9.64 Å². The van der Waals surface area contributed by atoms with Crippen molar-refractivity contribution in [3.05, 3.63) is 51.4 Å². The largest absolute Gasteiger partial charge is 0.458 e. The standard InChI is InChI=1S/C17H15F3IN3O2/c18-17(19,20)14-7-8-22-16(23-14)26-11-4-3-9-24(10-11)15(25)12-5-1-2-6-13(12)21/h1-2,5-8,11H,3-4,9-10H2. The van der Waals surface area contributed by atoms with Crippen LogP contribution in [0.25, 0.3) is 0 Å². The molecule has 1 fully saturated rings. The Morgan fingerprint density at radius 1 is 1.27 bits per heavy atom. The molecule has 1 atom stereocenters. The van der Waals surface area contributed by atoms with Gasteiger partial charge in [-0.1, -0.05) is 12.1 Å². The number of likely N-dealkylation sites (tertiary alicyclic amines) is 1. The van der Waals surface area contributed by atoms with Crippen LogP contribution in [0, 0.1) is 3.57 Å². The van der Waals surface area contributed by atoms with Crippen molar-refractivity contribution in [3.8, 4) is 6.01 Å². The highest BCUT2D eigenvalue weighted by Gasteiger charge is 2.33. The predicted octanol–water partition coefficient (Wildman–Crippen LogP) is 3.78. The van der Waals surface area contributed by atoms with Gasteiger partial charge in [-0.3, -0.25) is 4.79 Å². The minimum Gasteiger partial charge on any atom is -0.458 e. The van der Waals surface area contributed by atoms with Crippen molar-refractivity contribution in [1.29, 1.82) is 0 Å². The number of benzene rings is 1. The maximum Gasteiger partial charge on any atom is 0.433 e. The third-order valence-corrected chi connectivity index (χ3v) is 4.91. The molecule has 138 valence electrons. The van der Waals surface area contributed by atoms with E-state index in [2.05, 4.69) is 32.6 Å². The van der Waals surface area contributed by atoms with Crippen LogP contribution in [0.3, 0.4) is 0 Å². The number of carbonyl (C=O) groups excluding carboxylic acids is 1. The minimum absolute atomic E-state index is 0.117. The van der Waals surface area contributed by atoms with Crippen molar-refractivity contribution in [2.45, 2.75) is 25.1 Å². The van der Waals surface area contributed by atoms with Gasteiger partial charge in [-0.15, -0.1) is 0 Å². The van der Waals surface area contributed by atoms with E-state index < -0.39 is 18.0 Å². The molecule has 1 aliphatic heterocycles. The molecular formula is C17H15F3IN3O2. The number of alkyl halides is 3. The summed E-state index contributed by atoms with van der Waals surface area (Å²) >= 11 is 2.10. The van der Waals surface area contributed by atoms with E-state index in [4.69, 9.17) is 4.74 Å². The van der Waals surface area contributed by atoms with E-state index in [0.29, 0.717) is 24.9 Å². The number of rotatable bonds is 3. The average Bonchev–Trinajstić information content (AvgIpc) is 2.61. The normalized spacial score (nSPS) is 17.8. The molecule has 5 nitrogen and oxygen atoms in total. The monoisotopic (exact) mass is 477 g/mol. The lowest BCUT2D eigenvalue weighted by molar-refractivity contribution is -0.141. The van der Waals surface area contributed by atoms with E-state index in [1.165, 1.54) is 0 Å². The summed E-state index contributed by atoms with van der Waals surface area (Å²) in [5.41, 5.74) is -0.450.